The molecule has 4 nitrogen and oxygen atoms in total. The van der Waals surface area contributed by atoms with Gasteiger partial charge in [0.15, 0.2) is 0 Å². The summed E-state index contributed by atoms with van der Waals surface area (Å²) in [7, 11) is -4.41. The Morgan fingerprint density at radius 2 is 1.95 bits per heavy atom. The highest BCUT2D eigenvalue weighted by Crippen LogP contribution is 2.37. The maximum Gasteiger partial charge on any atom is 0.310 e. The van der Waals surface area contributed by atoms with E-state index in [2.05, 4.69) is 6.92 Å². The van der Waals surface area contributed by atoms with Gasteiger partial charge < -0.3 is 4.74 Å². The van der Waals surface area contributed by atoms with Crippen molar-refractivity contribution in [2.45, 2.75) is 44.5 Å². The van der Waals surface area contributed by atoms with Crippen molar-refractivity contribution in [1.29, 1.82) is 0 Å². The van der Waals surface area contributed by atoms with Gasteiger partial charge in [-0.05, 0) is 38.0 Å². The van der Waals surface area contributed by atoms with Crippen molar-refractivity contribution >= 4 is 10.1 Å². The molecule has 0 aromatic heterocycles. The monoisotopic (exact) mass is 322 g/mol. The second-order valence-electron chi connectivity index (χ2n) is 5.60. The fourth-order valence-electron chi connectivity index (χ4n) is 2.53. The average molecular weight is 322 g/mol. The van der Waals surface area contributed by atoms with E-state index < -0.39 is 15.1 Å². The Morgan fingerprint density at radius 3 is 2.55 bits per heavy atom. The molecule has 1 atom stereocenters. The number of hydrogen-bond acceptors (Lipinski definition) is 3. The first-order valence-electron chi connectivity index (χ1n) is 7.47. The molecule has 1 N–H and O–H groups in total. The third kappa shape index (κ3) is 3.59. The quantitative estimate of drug-likeness (QED) is 0.800. The smallest absolute Gasteiger partial charge is 0.310 e. The lowest BCUT2D eigenvalue weighted by atomic mass is 9.92. The van der Waals surface area contributed by atoms with Gasteiger partial charge in [0.1, 0.15) is 5.75 Å². The molecule has 1 unspecified atom stereocenters. The van der Waals surface area contributed by atoms with Crippen LogP contribution >= 0.6 is 0 Å². The summed E-state index contributed by atoms with van der Waals surface area (Å²) in [5.74, 6) is 0.416. The molecule has 1 aromatic carbocycles. The molecule has 22 heavy (non-hydrogen) atoms. The summed E-state index contributed by atoms with van der Waals surface area (Å²) < 4.78 is 39.5. The van der Waals surface area contributed by atoms with E-state index in [1.807, 2.05) is 13.0 Å². The van der Waals surface area contributed by atoms with Crippen molar-refractivity contribution in [3.05, 3.63) is 53.6 Å². The highest BCUT2D eigenvalue weighted by molar-refractivity contribution is 7.87. The van der Waals surface area contributed by atoms with Gasteiger partial charge in [0.25, 0.3) is 4.93 Å². The zero-order valence-corrected chi connectivity index (χ0v) is 13.8. The fraction of sp³-hybridized carbons (Fsp3) is 0.412. The first-order chi connectivity index (χ1) is 10.4. The van der Waals surface area contributed by atoms with Crippen LogP contribution in [-0.2, 0) is 10.1 Å². The topological polar surface area (TPSA) is 63.6 Å². The summed E-state index contributed by atoms with van der Waals surface area (Å²) >= 11 is 0. The van der Waals surface area contributed by atoms with Crippen LogP contribution < -0.4 is 4.74 Å². The third-order valence-electron chi connectivity index (χ3n) is 3.91. The average Bonchev–Trinajstić information content (AvgIpc) is 2.48. The van der Waals surface area contributed by atoms with E-state index in [-0.39, 0.29) is 6.42 Å². The maximum atomic E-state index is 12.0. The Hall–Kier alpha value is -1.59. The SMILES string of the molecule is CCCCC1=C(C)C=CC(Oc2ccccc2)(S(=O)(=O)O)C1. The Labute approximate surface area is 132 Å². The van der Waals surface area contributed by atoms with E-state index in [4.69, 9.17) is 4.74 Å². The van der Waals surface area contributed by atoms with Crippen LogP contribution in [0.4, 0.5) is 0 Å². The summed E-state index contributed by atoms with van der Waals surface area (Å²) in [5, 5.41) is 0. The number of benzene rings is 1. The summed E-state index contributed by atoms with van der Waals surface area (Å²) in [6.45, 7) is 4.04. The summed E-state index contributed by atoms with van der Waals surface area (Å²) in [4.78, 5) is -1.74. The van der Waals surface area contributed by atoms with Crippen LogP contribution in [-0.4, -0.2) is 17.9 Å². The molecule has 120 valence electrons. The van der Waals surface area contributed by atoms with Gasteiger partial charge in [0.2, 0.25) is 0 Å². The minimum absolute atomic E-state index is 0.156. The first kappa shape index (κ1) is 16.8. The number of rotatable bonds is 6. The number of ether oxygens (including phenoxy) is 1. The number of unbranched alkanes of at least 4 members (excludes halogenated alkanes) is 1. The van der Waals surface area contributed by atoms with Gasteiger partial charge in [-0.15, -0.1) is 0 Å². The van der Waals surface area contributed by atoms with E-state index in [9.17, 15) is 13.0 Å². The van der Waals surface area contributed by atoms with E-state index >= 15 is 0 Å². The summed E-state index contributed by atoms with van der Waals surface area (Å²) in [6, 6.07) is 8.70. The van der Waals surface area contributed by atoms with Gasteiger partial charge >= 0.3 is 10.1 Å². The molecular formula is C17H22O4S. The predicted octanol–water partition coefficient (Wildman–Crippen LogP) is 4.12. The Kier molecular flexibility index (Phi) is 5.08. The lowest BCUT2D eigenvalue weighted by Gasteiger charge is -2.32. The molecule has 0 bridgehead atoms. The van der Waals surface area contributed by atoms with Crippen molar-refractivity contribution in [3.63, 3.8) is 0 Å². The van der Waals surface area contributed by atoms with Gasteiger partial charge in [0, 0.05) is 6.42 Å². The number of hydrogen-bond donors (Lipinski definition) is 1. The predicted molar refractivity (Wildman–Crippen MR) is 87.3 cm³/mol. The van der Waals surface area contributed by atoms with Crippen molar-refractivity contribution in [2.75, 3.05) is 0 Å². The Balaban J connectivity index is 2.35. The van der Waals surface area contributed by atoms with Crippen LogP contribution in [0.1, 0.15) is 39.5 Å². The molecule has 0 amide bonds. The Morgan fingerprint density at radius 1 is 1.27 bits per heavy atom. The third-order valence-corrected chi connectivity index (χ3v) is 5.14. The Bertz CT molecular complexity index is 674. The normalized spacial score (nSPS) is 22.0. The first-order valence-corrected chi connectivity index (χ1v) is 8.91. The molecule has 2 rings (SSSR count). The molecule has 0 saturated carbocycles. The van der Waals surface area contributed by atoms with Crippen LogP contribution in [0.5, 0.6) is 5.75 Å². The molecular weight excluding hydrogens is 300 g/mol. The molecule has 0 aliphatic heterocycles. The van der Waals surface area contributed by atoms with Crippen molar-refractivity contribution in [3.8, 4) is 5.75 Å². The summed E-state index contributed by atoms with van der Waals surface area (Å²) in [5.41, 5.74) is 2.06. The van der Waals surface area contributed by atoms with E-state index in [0.717, 1.165) is 30.4 Å². The zero-order chi connectivity index (χ0) is 16.2. The number of para-hydroxylation sites is 1. The second-order valence-corrected chi connectivity index (χ2v) is 7.24. The van der Waals surface area contributed by atoms with Gasteiger partial charge in [-0.3, -0.25) is 4.55 Å². The van der Waals surface area contributed by atoms with Crippen LogP contribution in [0, 0.1) is 0 Å². The van der Waals surface area contributed by atoms with Crippen LogP contribution in [0.15, 0.2) is 53.6 Å². The molecule has 0 heterocycles. The van der Waals surface area contributed by atoms with Crippen molar-refractivity contribution in [1.82, 2.24) is 0 Å². The molecule has 0 spiro atoms. The van der Waals surface area contributed by atoms with E-state index in [1.54, 1.807) is 30.3 Å². The molecule has 5 heteroatoms. The summed E-state index contributed by atoms with van der Waals surface area (Å²) in [6.07, 6.45) is 6.14. The second kappa shape index (κ2) is 6.67. The lowest BCUT2D eigenvalue weighted by Crippen LogP contribution is -2.44. The van der Waals surface area contributed by atoms with Gasteiger partial charge in [-0.2, -0.15) is 8.42 Å². The minimum Gasteiger partial charge on any atom is -0.465 e. The van der Waals surface area contributed by atoms with Crippen LogP contribution in [0.25, 0.3) is 0 Å². The maximum absolute atomic E-state index is 12.0. The molecule has 1 aromatic rings. The molecule has 0 radical (unpaired) electrons. The van der Waals surface area contributed by atoms with Gasteiger partial charge in [-0.1, -0.05) is 48.8 Å². The molecule has 0 fully saturated rings. The minimum atomic E-state index is -4.41. The highest BCUT2D eigenvalue weighted by Gasteiger charge is 2.45. The van der Waals surface area contributed by atoms with Crippen LogP contribution in [0.3, 0.4) is 0 Å². The van der Waals surface area contributed by atoms with Crippen molar-refractivity contribution < 1.29 is 17.7 Å². The van der Waals surface area contributed by atoms with Gasteiger partial charge in [-0.25, -0.2) is 0 Å². The number of allylic oxidation sites excluding steroid dienone is 2. The highest BCUT2D eigenvalue weighted by atomic mass is 32.2. The lowest BCUT2D eigenvalue weighted by molar-refractivity contribution is 0.183. The zero-order valence-electron chi connectivity index (χ0n) is 13.0. The van der Waals surface area contributed by atoms with Gasteiger partial charge in [0.05, 0.1) is 0 Å². The fourth-order valence-corrected chi connectivity index (χ4v) is 3.33. The molecule has 1 aliphatic carbocycles. The van der Waals surface area contributed by atoms with Crippen LogP contribution in [0.2, 0.25) is 0 Å². The largest absolute Gasteiger partial charge is 0.465 e. The standard InChI is InChI=1S/C17H22O4S/c1-3-4-8-15-13-17(22(18,19)20,12-11-14(15)2)21-16-9-6-5-7-10-16/h5-7,9-12H,3-4,8,13H2,1-2H3,(H,18,19,20). The van der Waals surface area contributed by atoms with E-state index in [1.165, 1.54) is 6.08 Å². The van der Waals surface area contributed by atoms with E-state index in [0.29, 0.717) is 5.75 Å². The molecule has 1 aliphatic rings. The van der Waals surface area contributed by atoms with Crippen molar-refractivity contribution in [2.24, 2.45) is 0 Å². The molecule has 0 saturated heterocycles.